The van der Waals surface area contributed by atoms with Crippen molar-refractivity contribution < 1.29 is 9.53 Å². The van der Waals surface area contributed by atoms with Crippen molar-refractivity contribution in [3.63, 3.8) is 0 Å². The normalized spacial score (nSPS) is 13.0. The smallest absolute Gasteiger partial charge is 0.340 e. The third-order valence-electron chi connectivity index (χ3n) is 4.88. The summed E-state index contributed by atoms with van der Waals surface area (Å²) in [6.07, 6.45) is 2.12. The van der Waals surface area contributed by atoms with Crippen LogP contribution in [0.5, 0.6) is 0 Å². The molecule has 6 heteroatoms. The minimum atomic E-state index is -0.355. The van der Waals surface area contributed by atoms with E-state index in [0.29, 0.717) is 29.6 Å². The Kier molecular flexibility index (Phi) is 5.42. The van der Waals surface area contributed by atoms with Crippen LogP contribution in [0.1, 0.15) is 35.0 Å². The Balaban J connectivity index is 1.67. The molecule has 0 radical (unpaired) electrons. The number of para-hydroxylation sites is 2. The topological polar surface area (TPSA) is 67.3 Å². The molecule has 3 aromatic rings. The summed E-state index contributed by atoms with van der Waals surface area (Å²) >= 11 is 0. The molecule has 148 valence electrons. The molecule has 0 saturated carbocycles. The zero-order valence-electron chi connectivity index (χ0n) is 16.7. The molecule has 29 heavy (non-hydrogen) atoms. The van der Waals surface area contributed by atoms with Crippen molar-refractivity contribution in [3.05, 3.63) is 71.4 Å². The number of aromatic nitrogens is 2. The molecule has 1 aliphatic rings. The van der Waals surface area contributed by atoms with Gasteiger partial charge in [0.15, 0.2) is 0 Å². The number of anilines is 4. The summed E-state index contributed by atoms with van der Waals surface area (Å²) in [5, 5.41) is 3.28. The number of hydrogen-bond donors (Lipinski definition) is 1. The van der Waals surface area contributed by atoms with E-state index in [1.807, 2.05) is 37.3 Å². The minimum absolute atomic E-state index is 0.332. The van der Waals surface area contributed by atoms with Crippen molar-refractivity contribution in [3.8, 4) is 0 Å². The van der Waals surface area contributed by atoms with Crippen LogP contribution in [-0.4, -0.2) is 29.1 Å². The fraction of sp³-hybridized carbons (Fsp3) is 0.261. The summed E-state index contributed by atoms with van der Waals surface area (Å²) in [4.78, 5) is 23.8. The lowest BCUT2D eigenvalue weighted by Crippen LogP contribution is -2.26. The predicted molar refractivity (Wildman–Crippen MR) is 114 cm³/mol. The van der Waals surface area contributed by atoms with Crippen LogP contribution in [0.3, 0.4) is 0 Å². The molecule has 0 aliphatic carbocycles. The van der Waals surface area contributed by atoms with Gasteiger partial charge in [-0.05, 0) is 50.5 Å². The van der Waals surface area contributed by atoms with E-state index in [2.05, 4.69) is 33.4 Å². The lowest BCUT2D eigenvalue weighted by Gasteiger charge is -2.29. The van der Waals surface area contributed by atoms with E-state index in [-0.39, 0.29) is 5.97 Å². The average Bonchev–Trinajstić information content (AvgIpc) is 2.73. The zero-order chi connectivity index (χ0) is 20.2. The summed E-state index contributed by atoms with van der Waals surface area (Å²) in [5.74, 6) is 0.951. The first-order valence-electron chi connectivity index (χ1n) is 9.90. The average molecular weight is 388 g/mol. The number of hydrogen-bond acceptors (Lipinski definition) is 6. The summed E-state index contributed by atoms with van der Waals surface area (Å²) in [7, 11) is 0. The van der Waals surface area contributed by atoms with E-state index in [1.165, 1.54) is 5.56 Å². The Bertz CT molecular complexity index is 1030. The minimum Gasteiger partial charge on any atom is -0.462 e. The van der Waals surface area contributed by atoms with Crippen molar-refractivity contribution in [2.24, 2.45) is 0 Å². The third kappa shape index (κ3) is 4.06. The van der Waals surface area contributed by atoms with Gasteiger partial charge in [-0.1, -0.05) is 30.3 Å². The van der Waals surface area contributed by atoms with Crippen molar-refractivity contribution >= 4 is 29.1 Å². The van der Waals surface area contributed by atoms with Crippen molar-refractivity contribution in [1.29, 1.82) is 0 Å². The van der Waals surface area contributed by atoms with Gasteiger partial charge in [0.2, 0.25) is 5.95 Å². The highest BCUT2D eigenvalue weighted by Gasteiger charge is 2.21. The highest BCUT2D eigenvalue weighted by atomic mass is 16.5. The van der Waals surface area contributed by atoms with E-state index in [0.717, 1.165) is 30.8 Å². The number of aryl methyl sites for hydroxylation is 2. The van der Waals surface area contributed by atoms with Gasteiger partial charge in [-0.25, -0.2) is 9.78 Å². The number of nitrogens with zero attached hydrogens (tertiary/aromatic N) is 3. The lowest BCUT2D eigenvalue weighted by atomic mass is 10.0. The first kappa shape index (κ1) is 18.9. The molecule has 2 heterocycles. The zero-order valence-corrected chi connectivity index (χ0v) is 16.7. The molecule has 6 nitrogen and oxygen atoms in total. The molecule has 1 aliphatic heterocycles. The second-order valence-electron chi connectivity index (χ2n) is 6.97. The molecule has 0 bridgehead atoms. The van der Waals surface area contributed by atoms with Gasteiger partial charge in [-0.15, -0.1) is 0 Å². The number of benzene rings is 2. The first-order chi connectivity index (χ1) is 14.2. The van der Waals surface area contributed by atoms with Crippen LogP contribution >= 0.6 is 0 Å². The summed E-state index contributed by atoms with van der Waals surface area (Å²) in [6.45, 7) is 4.95. The van der Waals surface area contributed by atoms with E-state index < -0.39 is 0 Å². The van der Waals surface area contributed by atoms with Crippen LogP contribution < -0.4 is 10.2 Å². The van der Waals surface area contributed by atoms with Crippen LogP contribution in [-0.2, 0) is 11.2 Å². The monoisotopic (exact) mass is 388 g/mol. The van der Waals surface area contributed by atoms with Crippen molar-refractivity contribution in [1.82, 2.24) is 9.97 Å². The third-order valence-corrected chi connectivity index (χ3v) is 4.88. The molecule has 1 aromatic heterocycles. The SMILES string of the molecule is CCOC(=O)c1ccccc1Nc1cc(C)nc(N2CCCc3ccccc32)n1. The van der Waals surface area contributed by atoms with Gasteiger partial charge in [0.1, 0.15) is 5.82 Å². The maximum Gasteiger partial charge on any atom is 0.340 e. The highest BCUT2D eigenvalue weighted by molar-refractivity contribution is 5.96. The van der Waals surface area contributed by atoms with Crippen LogP contribution in [0.2, 0.25) is 0 Å². The van der Waals surface area contributed by atoms with E-state index >= 15 is 0 Å². The van der Waals surface area contributed by atoms with Gasteiger partial charge >= 0.3 is 5.97 Å². The Labute approximate surface area is 170 Å². The van der Waals surface area contributed by atoms with Crippen molar-refractivity contribution in [2.75, 3.05) is 23.4 Å². The van der Waals surface area contributed by atoms with Crippen molar-refractivity contribution in [2.45, 2.75) is 26.7 Å². The van der Waals surface area contributed by atoms with Crippen LogP contribution in [0, 0.1) is 6.92 Å². The molecule has 4 rings (SSSR count). The van der Waals surface area contributed by atoms with E-state index in [9.17, 15) is 4.79 Å². The van der Waals surface area contributed by atoms with Crippen LogP contribution in [0.15, 0.2) is 54.6 Å². The Morgan fingerprint density at radius 3 is 2.79 bits per heavy atom. The van der Waals surface area contributed by atoms with Gasteiger partial charge in [0, 0.05) is 24.0 Å². The van der Waals surface area contributed by atoms with E-state index in [4.69, 9.17) is 9.72 Å². The first-order valence-corrected chi connectivity index (χ1v) is 9.90. The highest BCUT2D eigenvalue weighted by Crippen LogP contribution is 2.32. The van der Waals surface area contributed by atoms with Gasteiger partial charge in [-0.3, -0.25) is 0 Å². The molecular formula is C23H24N4O2. The van der Waals surface area contributed by atoms with Gasteiger partial charge in [0.25, 0.3) is 0 Å². The number of fused-ring (bicyclic) bond motifs is 1. The molecule has 0 saturated heterocycles. The molecule has 0 fully saturated rings. The Hall–Kier alpha value is -3.41. The fourth-order valence-corrected chi connectivity index (χ4v) is 3.60. The summed E-state index contributed by atoms with van der Waals surface area (Å²) in [5.41, 5.74) is 4.46. The maximum absolute atomic E-state index is 12.3. The summed E-state index contributed by atoms with van der Waals surface area (Å²) < 4.78 is 5.17. The molecule has 2 aromatic carbocycles. The number of ether oxygens (including phenoxy) is 1. The molecule has 1 N–H and O–H groups in total. The van der Waals surface area contributed by atoms with Crippen LogP contribution in [0.4, 0.5) is 23.1 Å². The fourth-order valence-electron chi connectivity index (χ4n) is 3.60. The van der Waals surface area contributed by atoms with E-state index in [1.54, 1.807) is 13.0 Å². The Morgan fingerprint density at radius 1 is 1.14 bits per heavy atom. The molecule has 0 amide bonds. The van der Waals surface area contributed by atoms with Crippen LogP contribution in [0.25, 0.3) is 0 Å². The number of carbonyl (C=O) groups excluding carboxylic acids is 1. The lowest BCUT2D eigenvalue weighted by molar-refractivity contribution is 0.0527. The summed E-state index contributed by atoms with van der Waals surface area (Å²) in [6, 6.07) is 17.5. The van der Waals surface area contributed by atoms with Gasteiger partial charge < -0.3 is 15.0 Å². The molecular weight excluding hydrogens is 364 g/mol. The largest absolute Gasteiger partial charge is 0.462 e. The number of rotatable bonds is 5. The predicted octanol–water partition coefficient (Wildman–Crippen LogP) is 4.79. The number of esters is 1. The second-order valence-corrected chi connectivity index (χ2v) is 6.97. The molecule has 0 atom stereocenters. The molecule has 0 unspecified atom stereocenters. The Morgan fingerprint density at radius 2 is 1.93 bits per heavy atom. The maximum atomic E-state index is 12.3. The van der Waals surface area contributed by atoms with Gasteiger partial charge in [0.05, 0.1) is 17.9 Å². The second kappa shape index (κ2) is 8.31. The quantitative estimate of drug-likeness (QED) is 0.634. The standard InChI is InChI=1S/C23H24N4O2/c1-3-29-22(28)18-11-5-6-12-19(18)25-21-15-16(2)24-23(26-21)27-14-8-10-17-9-4-7-13-20(17)27/h4-7,9,11-13,15H,3,8,10,14H2,1-2H3,(H,24,25,26). The number of carbonyl (C=O) groups is 1. The molecule has 0 spiro atoms. The number of nitrogens with one attached hydrogen (secondary N) is 1. The van der Waals surface area contributed by atoms with Gasteiger partial charge in [-0.2, -0.15) is 4.98 Å².